The second-order valence-electron chi connectivity index (χ2n) is 4.91. The van der Waals surface area contributed by atoms with E-state index < -0.39 is 0 Å². The SMILES string of the molecule is C/C(=C\c1ccccc1)CNC(C)C1CC1.Cl. The highest BCUT2D eigenvalue weighted by atomic mass is 35.5. The van der Waals surface area contributed by atoms with Crippen molar-refractivity contribution in [3.05, 3.63) is 41.5 Å². The molecule has 1 aliphatic rings. The molecule has 0 heterocycles. The lowest BCUT2D eigenvalue weighted by atomic mass is 10.1. The molecule has 1 fully saturated rings. The maximum absolute atomic E-state index is 3.60. The Morgan fingerprint density at radius 1 is 1.35 bits per heavy atom. The van der Waals surface area contributed by atoms with Gasteiger partial charge in [0.25, 0.3) is 0 Å². The summed E-state index contributed by atoms with van der Waals surface area (Å²) in [5, 5.41) is 3.60. The molecule has 0 radical (unpaired) electrons. The van der Waals surface area contributed by atoms with Crippen molar-refractivity contribution in [1.29, 1.82) is 0 Å². The third-order valence-electron chi connectivity index (χ3n) is 3.24. The third kappa shape index (κ3) is 4.93. The summed E-state index contributed by atoms with van der Waals surface area (Å²) in [6, 6.07) is 11.2. The van der Waals surface area contributed by atoms with Gasteiger partial charge in [-0.15, -0.1) is 12.4 Å². The van der Waals surface area contributed by atoms with Crippen LogP contribution in [0, 0.1) is 5.92 Å². The molecule has 1 aromatic rings. The van der Waals surface area contributed by atoms with Crippen molar-refractivity contribution in [3.8, 4) is 0 Å². The molecule has 2 heteroatoms. The summed E-state index contributed by atoms with van der Waals surface area (Å²) >= 11 is 0. The van der Waals surface area contributed by atoms with E-state index in [2.05, 4.69) is 55.6 Å². The molecule has 1 atom stereocenters. The van der Waals surface area contributed by atoms with Gasteiger partial charge in [0, 0.05) is 12.6 Å². The van der Waals surface area contributed by atoms with Gasteiger partial charge in [-0.05, 0) is 38.2 Å². The summed E-state index contributed by atoms with van der Waals surface area (Å²) in [5.41, 5.74) is 2.69. The minimum atomic E-state index is 0. The van der Waals surface area contributed by atoms with Crippen LogP contribution < -0.4 is 5.32 Å². The summed E-state index contributed by atoms with van der Waals surface area (Å²) in [7, 11) is 0. The average molecular weight is 252 g/mol. The van der Waals surface area contributed by atoms with E-state index in [4.69, 9.17) is 0 Å². The summed E-state index contributed by atoms with van der Waals surface area (Å²) < 4.78 is 0. The van der Waals surface area contributed by atoms with Crippen LogP contribution in [0.4, 0.5) is 0 Å². The maximum Gasteiger partial charge on any atom is 0.0167 e. The lowest BCUT2D eigenvalue weighted by molar-refractivity contribution is 0.519. The molecule has 2 rings (SSSR count). The van der Waals surface area contributed by atoms with Crippen LogP contribution in [0.15, 0.2) is 35.9 Å². The van der Waals surface area contributed by atoms with Crippen molar-refractivity contribution in [3.63, 3.8) is 0 Å². The Morgan fingerprint density at radius 2 is 2.00 bits per heavy atom. The molecule has 0 aromatic heterocycles. The van der Waals surface area contributed by atoms with Gasteiger partial charge >= 0.3 is 0 Å². The van der Waals surface area contributed by atoms with Crippen LogP contribution in [0.5, 0.6) is 0 Å². The molecule has 1 saturated carbocycles. The Kier molecular flexibility index (Phi) is 5.73. The lowest BCUT2D eigenvalue weighted by Gasteiger charge is -2.12. The number of rotatable bonds is 5. The van der Waals surface area contributed by atoms with Gasteiger partial charge in [0.2, 0.25) is 0 Å². The Bertz CT molecular complexity index is 354. The first kappa shape index (κ1) is 14.3. The third-order valence-corrected chi connectivity index (χ3v) is 3.24. The van der Waals surface area contributed by atoms with Crippen molar-refractivity contribution in [1.82, 2.24) is 5.32 Å². The summed E-state index contributed by atoms with van der Waals surface area (Å²) in [6.45, 7) is 5.50. The first-order valence-corrected chi connectivity index (χ1v) is 6.21. The zero-order valence-corrected chi connectivity index (χ0v) is 11.5. The molecule has 0 amide bonds. The van der Waals surface area contributed by atoms with E-state index in [-0.39, 0.29) is 12.4 Å². The predicted octanol–water partition coefficient (Wildman–Crippen LogP) is 3.90. The smallest absolute Gasteiger partial charge is 0.0167 e. The van der Waals surface area contributed by atoms with Gasteiger partial charge in [0.15, 0.2) is 0 Å². The van der Waals surface area contributed by atoms with Gasteiger partial charge in [-0.25, -0.2) is 0 Å². The van der Waals surface area contributed by atoms with Gasteiger partial charge in [0.1, 0.15) is 0 Å². The van der Waals surface area contributed by atoms with Crippen LogP contribution in [-0.2, 0) is 0 Å². The molecular weight excluding hydrogens is 230 g/mol. The first-order chi connectivity index (χ1) is 7.75. The Labute approximate surface area is 111 Å². The fraction of sp³-hybridized carbons (Fsp3) is 0.467. The Hall–Kier alpha value is -0.790. The second-order valence-corrected chi connectivity index (χ2v) is 4.91. The van der Waals surface area contributed by atoms with E-state index in [1.807, 2.05) is 0 Å². The summed E-state index contributed by atoms with van der Waals surface area (Å²) in [5.74, 6) is 0.935. The molecule has 1 aliphatic carbocycles. The first-order valence-electron chi connectivity index (χ1n) is 6.21. The lowest BCUT2D eigenvalue weighted by Crippen LogP contribution is -2.29. The van der Waals surface area contributed by atoms with Crippen LogP contribution in [0.25, 0.3) is 6.08 Å². The standard InChI is InChI=1S/C15H21N.ClH/c1-12(10-14-6-4-3-5-7-14)11-16-13(2)15-8-9-15;/h3-7,10,13,15-16H,8-9,11H2,1-2H3;1H/b12-10+;. The topological polar surface area (TPSA) is 12.0 Å². The van der Waals surface area contributed by atoms with Crippen molar-refractivity contribution in [2.45, 2.75) is 32.7 Å². The van der Waals surface area contributed by atoms with E-state index >= 15 is 0 Å². The van der Waals surface area contributed by atoms with Gasteiger partial charge in [-0.2, -0.15) is 0 Å². The van der Waals surface area contributed by atoms with Gasteiger partial charge < -0.3 is 5.32 Å². The Balaban J connectivity index is 0.00000144. The van der Waals surface area contributed by atoms with Crippen LogP contribution in [-0.4, -0.2) is 12.6 Å². The van der Waals surface area contributed by atoms with Crippen molar-refractivity contribution < 1.29 is 0 Å². The molecule has 0 saturated heterocycles. The zero-order chi connectivity index (χ0) is 11.4. The van der Waals surface area contributed by atoms with E-state index in [1.54, 1.807) is 0 Å². The fourth-order valence-corrected chi connectivity index (χ4v) is 1.97. The number of benzene rings is 1. The van der Waals surface area contributed by atoms with E-state index in [0.29, 0.717) is 6.04 Å². The number of nitrogens with one attached hydrogen (secondary N) is 1. The molecule has 1 unspecified atom stereocenters. The molecule has 0 spiro atoms. The van der Waals surface area contributed by atoms with Gasteiger partial charge in [-0.1, -0.05) is 42.0 Å². The molecule has 1 nitrogen and oxygen atoms in total. The highest BCUT2D eigenvalue weighted by Gasteiger charge is 2.27. The van der Waals surface area contributed by atoms with Crippen molar-refractivity contribution in [2.75, 3.05) is 6.54 Å². The van der Waals surface area contributed by atoms with E-state index in [9.17, 15) is 0 Å². The minimum Gasteiger partial charge on any atom is -0.310 e. The Morgan fingerprint density at radius 3 is 2.59 bits per heavy atom. The van der Waals surface area contributed by atoms with Gasteiger partial charge in [-0.3, -0.25) is 0 Å². The largest absolute Gasteiger partial charge is 0.310 e. The molecule has 1 N–H and O–H groups in total. The van der Waals surface area contributed by atoms with Crippen LogP contribution >= 0.6 is 12.4 Å². The predicted molar refractivity (Wildman–Crippen MR) is 77.5 cm³/mol. The monoisotopic (exact) mass is 251 g/mol. The second kappa shape index (κ2) is 6.83. The van der Waals surface area contributed by atoms with E-state index in [0.717, 1.165) is 12.5 Å². The average Bonchev–Trinajstić information content (AvgIpc) is 3.11. The van der Waals surface area contributed by atoms with Gasteiger partial charge in [0.05, 0.1) is 0 Å². The van der Waals surface area contributed by atoms with Crippen LogP contribution in [0.1, 0.15) is 32.3 Å². The normalized spacial score (nSPS) is 17.4. The summed E-state index contributed by atoms with van der Waals surface area (Å²) in [6.07, 6.45) is 5.08. The number of hydrogen-bond acceptors (Lipinski definition) is 1. The molecule has 0 bridgehead atoms. The summed E-state index contributed by atoms with van der Waals surface area (Å²) in [4.78, 5) is 0. The fourth-order valence-electron chi connectivity index (χ4n) is 1.97. The molecule has 94 valence electrons. The maximum atomic E-state index is 3.60. The minimum absolute atomic E-state index is 0. The quantitative estimate of drug-likeness (QED) is 0.837. The molecule has 1 aromatic carbocycles. The number of halogens is 1. The highest BCUT2D eigenvalue weighted by Crippen LogP contribution is 2.32. The molecule has 17 heavy (non-hydrogen) atoms. The zero-order valence-electron chi connectivity index (χ0n) is 10.6. The number of hydrogen-bond donors (Lipinski definition) is 1. The van der Waals surface area contributed by atoms with Crippen molar-refractivity contribution >= 4 is 18.5 Å². The molecule has 0 aliphatic heterocycles. The molecular formula is C15H22ClN. The van der Waals surface area contributed by atoms with Crippen LogP contribution in [0.3, 0.4) is 0 Å². The van der Waals surface area contributed by atoms with Crippen LogP contribution in [0.2, 0.25) is 0 Å². The van der Waals surface area contributed by atoms with E-state index in [1.165, 1.54) is 24.0 Å². The highest BCUT2D eigenvalue weighted by molar-refractivity contribution is 5.85. The van der Waals surface area contributed by atoms with Crippen molar-refractivity contribution in [2.24, 2.45) is 5.92 Å².